The number of rotatable bonds is 4. The van der Waals surface area contributed by atoms with E-state index < -0.39 is 0 Å². The van der Waals surface area contributed by atoms with Crippen LogP contribution in [0.25, 0.3) is 0 Å². The quantitative estimate of drug-likeness (QED) is 0.789. The molecule has 5 heteroatoms. The minimum Gasteiger partial charge on any atom is -0.464 e. The minimum atomic E-state index is 0.268. The second-order valence-corrected chi connectivity index (χ2v) is 3.14. The van der Waals surface area contributed by atoms with Crippen molar-refractivity contribution in [1.82, 2.24) is 15.0 Å². The van der Waals surface area contributed by atoms with Crippen molar-refractivity contribution in [3.63, 3.8) is 0 Å². The van der Waals surface area contributed by atoms with E-state index in [1.165, 1.54) is 0 Å². The van der Waals surface area contributed by atoms with Crippen LogP contribution in [0.5, 0.6) is 6.01 Å². The molecule has 5 nitrogen and oxygen atoms in total. The van der Waals surface area contributed by atoms with E-state index in [2.05, 4.69) is 20.3 Å². The number of hydrogen-bond donors (Lipinski definition) is 1. The third-order valence-electron chi connectivity index (χ3n) is 1.65. The largest absolute Gasteiger partial charge is 0.464 e. The highest BCUT2D eigenvalue weighted by Crippen LogP contribution is 2.14. The van der Waals surface area contributed by atoms with Crippen LogP contribution in [-0.2, 0) is 0 Å². The van der Waals surface area contributed by atoms with Crippen LogP contribution in [0.15, 0.2) is 0 Å². The molecule has 0 atom stereocenters. The molecule has 78 valence electrons. The maximum absolute atomic E-state index is 5.24. The fourth-order valence-electron chi connectivity index (χ4n) is 0.936. The molecule has 1 aromatic heterocycles. The van der Waals surface area contributed by atoms with Crippen LogP contribution < -0.4 is 10.1 Å². The fourth-order valence-corrected chi connectivity index (χ4v) is 0.936. The number of aromatic nitrogens is 3. The Morgan fingerprint density at radius 1 is 1.29 bits per heavy atom. The number of nitrogens with zero attached hydrogens (tertiary/aromatic N) is 3. The molecule has 1 rings (SSSR count). The Labute approximate surface area is 83.9 Å². The van der Waals surface area contributed by atoms with Gasteiger partial charge >= 0.3 is 6.01 Å². The van der Waals surface area contributed by atoms with Gasteiger partial charge in [0.15, 0.2) is 0 Å². The molecule has 0 aliphatic carbocycles. The smallest absolute Gasteiger partial charge is 0.321 e. The van der Waals surface area contributed by atoms with Crippen LogP contribution in [0.3, 0.4) is 0 Å². The second-order valence-electron chi connectivity index (χ2n) is 3.14. The number of nitrogens with one attached hydrogen (secondary N) is 1. The molecule has 14 heavy (non-hydrogen) atoms. The van der Waals surface area contributed by atoms with Gasteiger partial charge in [-0.2, -0.15) is 15.0 Å². The molecular weight excluding hydrogens is 180 g/mol. The maximum Gasteiger partial charge on any atom is 0.321 e. The normalized spacial score (nSPS) is 10.4. The molecule has 0 saturated heterocycles. The first-order valence-corrected chi connectivity index (χ1v) is 4.73. The molecule has 0 unspecified atom stereocenters. The summed E-state index contributed by atoms with van der Waals surface area (Å²) >= 11 is 0. The summed E-state index contributed by atoms with van der Waals surface area (Å²) in [5.74, 6) is 1.56. The fraction of sp³-hybridized carbons (Fsp3) is 0.667. The molecule has 0 radical (unpaired) electrons. The molecular formula is C9H16N4O. The van der Waals surface area contributed by atoms with E-state index >= 15 is 0 Å². The Kier molecular flexibility index (Phi) is 3.62. The maximum atomic E-state index is 5.24. The van der Waals surface area contributed by atoms with Crippen LogP contribution >= 0.6 is 0 Å². The van der Waals surface area contributed by atoms with E-state index in [1.54, 1.807) is 7.05 Å². The number of anilines is 1. The summed E-state index contributed by atoms with van der Waals surface area (Å²) in [5.41, 5.74) is 0. The summed E-state index contributed by atoms with van der Waals surface area (Å²) in [4.78, 5) is 12.5. The topological polar surface area (TPSA) is 59.9 Å². The van der Waals surface area contributed by atoms with E-state index in [9.17, 15) is 0 Å². The Balaban J connectivity index is 3.00. The van der Waals surface area contributed by atoms with Gasteiger partial charge in [-0.15, -0.1) is 0 Å². The number of ether oxygens (including phenoxy) is 1. The lowest BCUT2D eigenvalue weighted by atomic mass is 10.2. The zero-order chi connectivity index (χ0) is 10.6. The van der Waals surface area contributed by atoms with Crippen LogP contribution in [-0.4, -0.2) is 28.6 Å². The molecule has 1 N–H and O–H groups in total. The molecule has 0 aromatic carbocycles. The third-order valence-corrected chi connectivity index (χ3v) is 1.65. The zero-order valence-electron chi connectivity index (χ0n) is 9.03. The van der Waals surface area contributed by atoms with Crippen molar-refractivity contribution in [3.8, 4) is 6.01 Å². The van der Waals surface area contributed by atoms with Crippen molar-refractivity contribution in [2.45, 2.75) is 26.7 Å². The Bertz CT molecular complexity index is 301. The van der Waals surface area contributed by atoms with Crippen molar-refractivity contribution in [3.05, 3.63) is 5.82 Å². The molecule has 0 saturated carbocycles. The predicted octanol–water partition coefficient (Wildman–Crippen LogP) is 1.44. The van der Waals surface area contributed by atoms with E-state index in [1.807, 2.05) is 20.8 Å². The van der Waals surface area contributed by atoms with Gasteiger partial charge in [-0.25, -0.2) is 0 Å². The van der Waals surface area contributed by atoms with Crippen LogP contribution in [0.2, 0.25) is 0 Å². The Morgan fingerprint density at radius 3 is 2.50 bits per heavy atom. The first-order chi connectivity index (χ1) is 6.67. The molecule has 0 amide bonds. The molecule has 1 heterocycles. The highest BCUT2D eigenvalue weighted by Gasteiger charge is 2.08. The van der Waals surface area contributed by atoms with E-state index in [0.717, 1.165) is 5.82 Å². The van der Waals surface area contributed by atoms with Crippen molar-refractivity contribution in [1.29, 1.82) is 0 Å². The van der Waals surface area contributed by atoms with Crippen molar-refractivity contribution < 1.29 is 4.74 Å². The van der Waals surface area contributed by atoms with Crippen molar-refractivity contribution >= 4 is 5.95 Å². The zero-order valence-corrected chi connectivity index (χ0v) is 9.03. The van der Waals surface area contributed by atoms with Gasteiger partial charge in [-0.1, -0.05) is 13.8 Å². The summed E-state index contributed by atoms with van der Waals surface area (Å²) in [7, 11) is 1.77. The van der Waals surface area contributed by atoms with Gasteiger partial charge in [0.25, 0.3) is 0 Å². The van der Waals surface area contributed by atoms with Gasteiger partial charge in [0.1, 0.15) is 5.82 Å². The molecule has 0 aliphatic heterocycles. The monoisotopic (exact) mass is 196 g/mol. The van der Waals surface area contributed by atoms with E-state index in [-0.39, 0.29) is 5.92 Å². The lowest BCUT2D eigenvalue weighted by molar-refractivity contribution is 0.310. The third kappa shape index (κ3) is 2.55. The summed E-state index contributed by atoms with van der Waals surface area (Å²) in [6.07, 6.45) is 0. The van der Waals surface area contributed by atoms with E-state index in [4.69, 9.17) is 4.74 Å². The molecule has 0 aliphatic rings. The molecule has 0 bridgehead atoms. The first kappa shape index (κ1) is 10.7. The summed E-state index contributed by atoms with van der Waals surface area (Å²) < 4.78 is 5.24. The molecule has 1 aromatic rings. The summed E-state index contributed by atoms with van der Waals surface area (Å²) in [5, 5.41) is 2.88. The van der Waals surface area contributed by atoms with Crippen molar-refractivity contribution in [2.24, 2.45) is 0 Å². The molecule has 0 spiro atoms. The van der Waals surface area contributed by atoms with Gasteiger partial charge in [-0.3, -0.25) is 0 Å². The first-order valence-electron chi connectivity index (χ1n) is 4.73. The second kappa shape index (κ2) is 4.74. The number of hydrogen-bond acceptors (Lipinski definition) is 5. The van der Waals surface area contributed by atoms with Crippen LogP contribution in [0.1, 0.15) is 32.5 Å². The van der Waals surface area contributed by atoms with Gasteiger partial charge in [0.05, 0.1) is 6.61 Å². The Morgan fingerprint density at radius 2 is 2.00 bits per heavy atom. The average molecular weight is 196 g/mol. The van der Waals surface area contributed by atoms with Crippen LogP contribution in [0, 0.1) is 0 Å². The average Bonchev–Trinajstić information content (AvgIpc) is 2.17. The predicted molar refractivity (Wildman–Crippen MR) is 54.6 cm³/mol. The van der Waals surface area contributed by atoms with Crippen molar-refractivity contribution in [2.75, 3.05) is 19.0 Å². The lowest BCUT2D eigenvalue weighted by Gasteiger charge is -2.08. The SMILES string of the molecule is CCOc1nc(NC)nc(C(C)C)n1. The van der Waals surface area contributed by atoms with Gasteiger partial charge in [0.2, 0.25) is 5.95 Å². The highest BCUT2D eigenvalue weighted by molar-refractivity contribution is 5.25. The van der Waals surface area contributed by atoms with Gasteiger partial charge < -0.3 is 10.1 Å². The standard InChI is InChI=1S/C9H16N4O/c1-5-14-9-12-7(6(2)3)11-8(10-4)13-9/h6H,5H2,1-4H3,(H,10,11,12,13). The van der Waals surface area contributed by atoms with Crippen LogP contribution in [0.4, 0.5) is 5.95 Å². The van der Waals surface area contributed by atoms with E-state index in [0.29, 0.717) is 18.6 Å². The summed E-state index contributed by atoms with van der Waals surface area (Å²) in [6, 6.07) is 0.385. The Hall–Kier alpha value is -1.39. The van der Waals surface area contributed by atoms with Gasteiger partial charge in [0, 0.05) is 13.0 Å². The lowest BCUT2D eigenvalue weighted by Crippen LogP contribution is -2.08. The molecule has 0 fully saturated rings. The summed E-state index contributed by atoms with van der Waals surface area (Å²) in [6.45, 7) is 6.53. The minimum absolute atomic E-state index is 0.268. The van der Waals surface area contributed by atoms with Gasteiger partial charge in [-0.05, 0) is 6.92 Å². The highest BCUT2D eigenvalue weighted by atomic mass is 16.5.